The van der Waals surface area contributed by atoms with Gasteiger partial charge in [-0.25, -0.2) is 12.7 Å². The third-order valence-electron chi connectivity index (χ3n) is 4.38. The summed E-state index contributed by atoms with van der Waals surface area (Å²) in [5.74, 6) is 0.0352. The van der Waals surface area contributed by atoms with Crippen molar-refractivity contribution in [3.63, 3.8) is 0 Å². The molecule has 0 spiro atoms. The molecule has 3 N–H and O–H groups in total. The molecule has 1 aliphatic rings. The molecule has 138 valence electrons. The van der Waals surface area contributed by atoms with Crippen molar-refractivity contribution in [3.8, 4) is 0 Å². The molecule has 0 bridgehead atoms. The van der Waals surface area contributed by atoms with Crippen LogP contribution in [-0.2, 0) is 10.0 Å². The van der Waals surface area contributed by atoms with Gasteiger partial charge in [0.1, 0.15) is 9.77 Å². The zero-order valence-corrected chi connectivity index (χ0v) is 16.5. The Morgan fingerprint density at radius 3 is 2.54 bits per heavy atom. The Morgan fingerprint density at radius 2 is 2.00 bits per heavy atom. The highest BCUT2D eigenvalue weighted by Gasteiger charge is 2.29. The lowest BCUT2D eigenvalue weighted by Crippen LogP contribution is -2.46. The molecular weight excluding hydrogens is 370 g/mol. The van der Waals surface area contributed by atoms with Gasteiger partial charge in [0.05, 0.1) is 0 Å². The Labute approximate surface area is 154 Å². The number of nitrogens with two attached hydrogens (primary N) is 1. The second-order valence-electron chi connectivity index (χ2n) is 6.12. The van der Waals surface area contributed by atoms with Crippen LogP contribution in [0.4, 0.5) is 0 Å². The SMILES string of the molecule is CN(C)S(=O)(=O)c1ccsc1C(=O)NC(CN)C1CCCCC1.Cl. The van der Waals surface area contributed by atoms with Crippen LogP contribution in [0.5, 0.6) is 0 Å². The van der Waals surface area contributed by atoms with Crippen molar-refractivity contribution >= 4 is 39.7 Å². The van der Waals surface area contributed by atoms with Crippen molar-refractivity contribution in [3.05, 3.63) is 16.3 Å². The number of carbonyl (C=O) groups is 1. The molecule has 1 atom stereocenters. The number of hydrogen-bond acceptors (Lipinski definition) is 5. The topological polar surface area (TPSA) is 92.5 Å². The average molecular weight is 396 g/mol. The summed E-state index contributed by atoms with van der Waals surface area (Å²) in [6.07, 6.45) is 5.69. The average Bonchev–Trinajstić information content (AvgIpc) is 3.03. The zero-order chi connectivity index (χ0) is 17.0. The largest absolute Gasteiger partial charge is 0.347 e. The summed E-state index contributed by atoms with van der Waals surface area (Å²) >= 11 is 1.14. The Morgan fingerprint density at radius 1 is 1.38 bits per heavy atom. The number of rotatable bonds is 6. The highest BCUT2D eigenvalue weighted by molar-refractivity contribution is 7.89. The fraction of sp³-hybridized carbons (Fsp3) is 0.667. The summed E-state index contributed by atoms with van der Waals surface area (Å²) in [4.78, 5) is 12.9. The first kappa shape index (κ1) is 21.4. The number of amides is 1. The third-order valence-corrected chi connectivity index (χ3v) is 7.28. The number of sulfonamides is 1. The van der Waals surface area contributed by atoms with E-state index in [-0.39, 0.29) is 34.1 Å². The van der Waals surface area contributed by atoms with E-state index < -0.39 is 10.0 Å². The Hall–Kier alpha value is -0.670. The van der Waals surface area contributed by atoms with Gasteiger partial charge in [-0.05, 0) is 30.2 Å². The predicted octanol–water partition coefficient (Wildman–Crippen LogP) is 2.06. The first-order valence-electron chi connectivity index (χ1n) is 7.89. The van der Waals surface area contributed by atoms with E-state index in [1.807, 2.05) is 0 Å². The lowest BCUT2D eigenvalue weighted by atomic mass is 9.84. The highest BCUT2D eigenvalue weighted by atomic mass is 35.5. The van der Waals surface area contributed by atoms with Crippen LogP contribution in [0.2, 0.25) is 0 Å². The van der Waals surface area contributed by atoms with Gasteiger partial charge in [-0.1, -0.05) is 19.3 Å². The van der Waals surface area contributed by atoms with Gasteiger partial charge >= 0.3 is 0 Å². The van der Waals surface area contributed by atoms with Gasteiger partial charge in [-0.2, -0.15) is 0 Å². The molecule has 1 amide bonds. The fourth-order valence-corrected chi connectivity index (χ4v) is 5.20. The molecule has 1 fully saturated rings. The molecule has 6 nitrogen and oxygen atoms in total. The van der Waals surface area contributed by atoms with Crippen LogP contribution >= 0.6 is 23.7 Å². The van der Waals surface area contributed by atoms with E-state index in [0.717, 1.165) is 41.3 Å². The van der Waals surface area contributed by atoms with Crippen molar-refractivity contribution in [1.29, 1.82) is 0 Å². The smallest absolute Gasteiger partial charge is 0.263 e. The van der Waals surface area contributed by atoms with Crippen LogP contribution in [0.15, 0.2) is 16.3 Å². The minimum Gasteiger partial charge on any atom is -0.347 e. The van der Waals surface area contributed by atoms with Crippen LogP contribution < -0.4 is 11.1 Å². The maximum absolute atomic E-state index is 12.6. The monoisotopic (exact) mass is 395 g/mol. The molecule has 1 aromatic rings. The molecule has 0 aromatic carbocycles. The molecule has 0 aliphatic heterocycles. The minimum atomic E-state index is -3.62. The van der Waals surface area contributed by atoms with Gasteiger partial charge in [0.15, 0.2) is 0 Å². The Bertz CT molecular complexity index is 640. The van der Waals surface area contributed by atoms with Gasteiger partial charge in [0.2, 0.25) is 10.0 Å². The van der Waals surface area contributed by atoms with Crippen molar-refractivity contribution < 1.29 is 13.2 Å². The lowest BCUT2D eigenvalue weighted by Gasteiger charge is -2.30. The summed E-state index contributed by atoms with van der Waals surface area (Å²) in [6, 6.07) is 1.38. The summed E-state index contributed by atoms with van der Waals surface area (Å²) in [6.45, 7) is 0.373. The van der Waals surface area contributed by atoms with E-state index in [4.69, 9.17) is 5.73 Å². The number of hydrogen-bond donors (Lipinski definition) is 2. The molecule has 1 aliphatic carbocycles. The van der Waals surface area contributed by atoms with Crippen molar-refractivity contribution in [1.82, 2.24) is 9.62 Å². The Balaban J connectivity index is 0.00000288. The minimum absolute atomic E-state index is 0. The van der Waals surface area contributed by atoms with Crippen LogP contribution in [0, 0.1) is 5.92 Å². The second-order valence-corrected chi connectivity index (χ2v) is 9.15. The van der Waals surface area contributed by atoms with E-state index in [1.165, 1.54) is 26.6 Å². The van der Waals surface area contributed by atoms with E-state index in [1.54, 1.807) is 5.38 Å². The van der Waals surface area contributed by atoms with E-state index in [2.05, 4.69) is 5.32 Å². The first-order valence-corrected chi connectivity index (χ1v) is 10.2. The van der Waals surface area contributed by atoms with Gasteiger partial charge in [0.25, 0.3) is 5.91 Å². The number of nitrogens with one attached hydrogen (secondary N) is 1. The van der Waals surface area contributed by atoms with Crippen molar-refractivity contribution in [2.45, 2.75) is 43.0 Å². The molecule has 1 heterocycles. The molecule has 24 heavy (non-hydrogen) atoms. The molecule has 2 rings (SSSR count). The van der Waals surface area contributed by atoms with Crippen LogP contribution in [-0.4, -0.2) is 45.3 Å². The second kappa shape index (κ2) is 9.15. The number of halogens is 1. The highest BCUT2D eigenvalue weighted by Crippen LogP contribution is 2.28. The van der Waals surface area contributed by atoms with Crippen LogP contribution in [0.1, 0.15) is 41.8 Å². The maximum Gasteiger partial charge on any atom is 0.263 e. The molecule has 9 heteroatoms. The van der Waals surface area contributed by atoms with Crippen molar-refractivity contribution in [2.24, 2.45) is 11.7 Å². The summed E-state index contributed by atoms with van der Waals surface area (Å²) in [7, 11) is -0.709. The van der Waals surface area contributed by atoms with Gasteiger partial charge in [-0.3, -0.25) is 4.79 Å². The zero-order valence-electron chi connectivity index (χ0n) is 14.0. The van der Waals surface area contributed by atoms with E-state index >= 15 is 0 Å². The first-order chi connectivity index (χ1) is 10.9. The summed E-state index contributed by atoms with van der Waals surface area (Å²) < 4.78 is 25.7. The normalized spacial score (nSPS) is 17.3. The standard InChI is InChI=1S/C15H25N3O3S2.ClH/c1-18(2)23(20,21)13-8-9-22-14(13)15(19)17-12(10-16)11-6-4-3-5-7-11;/h8-9,11-12H,3-7,10,16H2,1-2H3,(H,17,19);1H. The fourth-order valence-electron chi connectivity index (χ4n) is 3.00. The molecule has 0 saturated heterocycles. The quantitative estimate of drug-likeness (QED) is 0.770. The van der Waals surface area contributed by atoms with Crippen LogP contribution in [0.25, 0.3) is 0 Å². The van der Waals surface area contributed by atoms with E-state index in [0.29, 0.717) is 12.5 Å². The van der Waals surface area contributed by atoms with E-state index in [9.17, 15) is 13.2 Å². The van der Waals surface area contributed by atoms with Gasteiger partial charge < -0.3 is 11.1 Å². The van der Waals surface area contributed by atoms with Gasteiger partial charge in [-0.15, -0.1) is 23.7 Å². The molecule has 1 saturated carbocycles. The molecular formula is C15H26ClN3O3S2. The Kier molecular flexibility index (Phi) is 8.14. The molecule has 1 aromatic heterocycles. The van der Waals surface area contributed by atoms with Gasteiger partial charge in [0, 0.05) is 26.7 Å². The number of carbonyl (C=O) groups excluding carboxylic acids is 1. The molecule has 0 radical (unpaired) electrons. The van der Waals surface area contributed by atoms with Crippen LogP contribution in [0.3, 0.4) is 0 Å². The summed E-state index contributed by atoms with van der Waals surface area (Å²) in [5.41, 5.74) is 5.84. The predicted molar refractivity (Wildman–Crippen MR) is 99.3 cm³/mol. The number of nitrogens with zero attached hydrogens (tertiary/aromatic N) is 1. The summed E-state index contributed by atoms with van der Waals surface area (Å²) in [5, 5.41) is 4.58. The van der Waals surface area contributed by atoms with Crippen molar-refractivity contribution in [2.75, 3.05) is 20.6 Å². The maximum atomic E-state index is 12.6. The number of thiophene rings is 1. The lowest BCUT2D eigenvalue weighted by molar-refractivity contribution is 0.0916. The molecule has 1 unspecified atom stereocenters. The third kappa shape index (κ3) is 4.70.